The van der Waals surface area contributed by atoms with Crippen molar-refractivity contribution < 1.29 is 13.2 Å². The molecule has 3 nitrogen and oxygen atoms in total. The summed E-state index contributed by atoms with van der Waals surface area (Å²) >= 11 is 0. The Bertz CT molecular complexity index is 327. The topological polar surface area (TPSA) is 51.2 Å². The van der Waals surface area contributed by atoms with Crippen LogP contribution in [0.15, 0.2) is 0 Å². The molecule has 0 bridgehead atoms. The van der Waals surface area contributed by atoms with Crippen molar-refractivity contribution in [1.82, 2.24) is 0 Å². The predicted molar refractivity (Wildman–Crippen MR) is 53.7 cm³/mol. The van der Waals surface area contributed by atoms with Crippen molar-refractivity contribution in [3.63, 3.8) is 0 Å². The molecule has 2 fully saturated rings. The molecule has 80 valence electrons. The van der Waals surface area contributed by atoms with Gasteiger partial charge in [-0.1, -0.05) is 19.3 Å². The van der Waals surface area contributed by atoms with E-state index in [1.165, 1.54) is 6.42 Å². The van der Waals surface area contributed by atoms with E-state index in [1.807, 2.05) is 0 Å². The summed E-state index contributed by atoms with van der Waals surface area (Å²) in [5, 5.41) is 0. The van der Waals surface area contributed by atoms with Crippen LogP contribution < -0.4 is 0 Å². The summed E-state index contributed by atoms with van der Waals surface area (Å²) in [7, 11) is -2.89. The fourth-order valence-corrected chi connectivity index (χ4v) is 3.97. The van der Waals surface area contributed by atoms with Gasteiger partial charge in [0.1, 0.15) is 5.78 Å². The van der Waals surface area contributed by atoms with Crippen molar-refractivity contribution in [2.45, 2.75) is 32.1 Å². The molecule has 0 aromatic carbocycles. The van der Waals surface area contributed by atoms with Crippen LogP contribution in [0.4, 0.5) is 0 Å². The lowest BCUT2D eigenvalue weighted by atomic mass is 9.80. The Labute approximate surface area is 84.8 Å². The zero-order chi connectivity index (χ0) is 10.2. The van der Waals surface area contributed by atoms with E-state index in [0.717, 1.165) is 12.8 Å². The number of Topliss-reactive ketones (excluding diaryl/α,β-unsaturated/α-hetero) is 1. The second-order valence-electron chi connectivity index (χ2n) is 4.57. The van der Waals surface area contributed by atoms with E-state index < -0.39 is 9.84 Å². The van der Waals surface area contributed by atoms with Crippen LogP contribution in [0.1, 0.15) is 32.1 Å². The van der Waals surface area contributed by atoms with Crippen LogP contribution in [0.5, 0.6) is 0 Å². The smallest absolute Gasteiger partial charge is 0.151 e. The molecule has 1 unspecified atom stereocenters. The molecule has 0 amide bonds. The molecule has 1 saturated heterocycles. The fourth-order valence-electron chi connectivity index (χ4n) is 2.20. The molecule has 0 aromatic rings. The fraction of sp³-hybridized carbons (Fsp3) is 0.900. The molecule has 14 heavy (non-hydrogen) atoms. The molecular formula is C10H16O3S. The molecule has 0 radical (unpaired) electrons. The van der Waals surface area contributed by atoms with Crippen LogP contribution >= 0.6 is 0 Å². The average molecular weight is 216 g/mol. The van der Waals surface area contributed by atoms with E-state index in [0.29, 0.717) is 18.8 Å². The van der Waals surface area contributed by atoms with E-state index in [-0.39, 0.29) is 23.2 Å². The Morgan fingerprint density at radius 1 is 1.21 bits per heavy atom. The minimum absolute atomic E-state index is 0.110. The number of hydrogen-bond donors (Lipinski definition) is 0. The molecule has 1 heterocycles. The second kappa shape index (κ2) is 3.65. The molecule has 0 aromatic heterocycles. The van der Waals surface area contributed by atoms with Gasteiger partial charge in [-0.25, -0.2) is 8.42 Å². The van der Waals surface area contributed by atoms with Crippen molar-refractivity contribution >= 4 is 15.6 Å². The van der Waals surface area contributed by atoms with Crippen LogP contribution in [-0.4, -0.2) is 25.7 Å². The maximum absolute atomic E-state index is 11.7. The molecule has 2 aliphatic rings. The summed E-state index contributed by atoms with van der Waals surface area (Å²) in [5.74, 6) is 0.897. The van der Waals surface area contributed by atoms with Crippen molar-refractivity contribution in [3.8, 4) is 0 Å². The van der Waals surface area contributed by atoms with E-state index in [9.17, 15) is 13.2 Å². The van der Waals surface area contributed by atoms with Gasteiger partial charge in [-0.05, 0) is 12.3 Å². The van der Waals surface area contributed by atoms with Gasteiger partial charge in [-0.3, -0.25) is 4.79 Å². The van der Waals surface area contributed by atoms with Crippen LogP contribution in [0, 0.1) is 11.8 Å². The third kappa shape index (κ3) is 2.16. The molecule has 0 spiro atoms. The minimum atomic E-state index is -2.89. The van der Waals surface area contributed by atoms with Gasteiger partial charge in [-0.2, -0.15) is 0 Å². The zero-order valence-electron chi connectivity index (χ0n) is 8.24. The Hall–Kier alpha value is -0.380. The van der Waals surface area contributed by atoms with Gasteiger partial charge in [0.2, 0.25) is 0 Å². The van der Waals surface area contributed by atoms with Crippen LogP contribution in [0.2, 0.25) is 0 Å². The molecule has 2 rings (SSSR count). The molecule has 1 saturated carbocycles. The first-order valence-corrected chi connectivity index (χ1v) is 7.12. The third-order valence-corrected chi connectivity index (χ3v) is 5.17. The van der Waals surface area contributed by atoms with E-state index >= 15 is 0 Å². The van der Waals surface area contributed by atoms with Gasteiger partial charge < -0.3 is 0 Å². The summed E-state index contributed by atoms with van der Waals surface area (Å²) in [6.07, 6.45) is 4.74. The van der Waals surface area contributed by atoms with Gasteiger partial charge in [0.15, 0.2) is 9.84 Å². The summed E-state index contributed by atoms with van der Waals surface area (Å²) in [6, 6.07) is 0. The monoisotopic (exact) mass is 216 g/mol. The van der Waals surface area contributed by atoms with Crippen LogP contribution in [-0.2, 0) is 14.6 Å². The number of carbonyl (C=O) groups is 1. The maximum atomic E-state index is 11.7. The quantitative estimate of drug-likeness (QED) is 0.712. The standard InChI is InChI=1S/C10H16O3S/c11-10(6-8-2-1-3-8)9-4-5-14(12,13)7-9/h8-9H,1-7H2. The Kier molecular flexibility index (Phi) is 2.64. The largest absolute Gasteiger partial charge is 0.299 e. The van der Waals surface area contributed by atoms with Gasteiger partial charge in [0, 0.05) is 12.3 Å². The van der Waals surface area contributed by atoms with Gasteiger partial charge in [0.05, 0.1) is 11.5 Å². The van der Waals surface area contributed by atoms with Crippen molar-refractivity contribution in [1.29, 1.82) is 0 Å². The van der Waals surface area contributed by atoms with Gasteiger partial charge in [-0.15, -0.1) is 0 Å². The predicted octanol–water partition coefficient (Wildman–Crippen LogP) is 1.18. The highest BCUT2D eigenvalue weighted by molar-refractivity contribution is 7.91. The Balaban J connectivity index is 1.86. The van der Waals surface area contributed by atoms with Crippen LogP contribution in [0.25, 0.3) is 0 Å². The number of sulfone groups is 1. The number of rotatable bonds is 3. The SMILES string of the molecule is O=C(CC1CCC1)C1CCS(=O)(=O)C1. The molecule has 1 atom stereocenters. The summed E-state index contributed by atoms with van der Waals surface area (Å²) in [4.78, 5) is 11.7. The van der Waals surface area contributed by atoms with Gasteiger partial charge in [0.25, 0.3) is 0 Å². The highest BCUT2D eigenvalue weighted by atomic mass is 32.2. The van der Waals surface area contributed by atoms with Crippen LogP contribution in [0.3, 0.4) is 0 Å². The highest BCUT2D eigenvalue weighted by Gasteiger charge is 2.34. The van der Waals surface area contributed by atoms with E-state index in [4.69, 9.17) is 0 Å². The normalized spacial score (nSPS) is 31.3. The summed E-state index contributed by atoms with van der Waals surface area (Å²) in [5.41, 5.74) is 0. The second-order valence-corrected chi connectivity index (χ2v) is 6.80. The lowest BCUT2D eigenvalue weighted by molar-refractivity contribution is -0.123. The lowest BCUT2D eigenvalue weighted by Crippen LogP contribution is -2.22. The van der Waals surface area contributed by atoms with Crippen molar-refractivity contribution in [2.24, 2.45) is 11.8 Å². The molecule has 1 aliphatic carbocycles. The number of ketones is 1. The third-order valence-electron chi connectivity index (χ3n) is 3.40. The highest BCUT2D eigenvalue weighted by Crippen LogP contribution is 2.32. The molecule has 1 aliphatic heterocycles. The van der Waals surface area contributed by atoms with Crippen molar-refractivity contribution in [2.75, 3.05) is 11.5 Å². The molecular weight excluding hydrogens is 200 g/mol. The first-order chi connectivity index (χ1) is 6.57. The average Bonchev–Trinajstić information content (AvgIpc) is 2.38. The summed E-state index contributed by atoms with van der Waals surface area (Å²) in [6.45, 7) is 0. The first-order valence-electron chi connectivity index (χ1n) is 5.30. The summed E-state index contributed by atoms with van der Waals surface area (Å²) < 4.78 is 22.3. The Morgan fingerprint density at radius 2 is 1.93 bits per heavy atom. The first kappa shape index (κ1) is 10.1. The molecule has 0 N–H and O–H groups in total. The minimum Gasteiger partial charge on any atom is -0.299 e. The molecule has 4 heteroatoms. The Morgan fingerprint density at radius 3 is 2.36 bits per heavy atom. The van der Waals surface area contributed by atoms with Gasteiger partial charge >= 0.3 is 0 Å². The lowest BCUT2D eigenvalue weighted by Gasteiger charge is -2.25. The van der Waals surface area contributed by atoms with E-state index in [2.05, 4.69) is 0 Å². The maximum Gasteiger partial charge on any atom is 0.151 e. The van der Waals surface area contributed by atoms with Crippen molar-refractivity contribution in [3.05, 3.63) is 0 Å². The number of carbonyl (C=O) groups excluding carboxylic acids is 1. The number of hydrogen-bond acceptors (Lipinski definition) is 3. The zero-order valence-corrected chi connectivity index (χ0v) is 9.05. The van der Waals surface area contributed by atoms with E-state index in [1.54, 1.807) is 0 Å².